The average Bonchev–Trinajstić information content (AvgIpc) is 2.37. The maximum atomic E-state index is 5.64. The topological polar surface area (TPSA) is 35.2 Å². The first-order valence-electron chi connectivity index (χ1n) is 7.02. The lowest BCUT2D eigenvalue weighted by Gasteiger charge is -2.32. The van der Waals surface area contributed by atoms with E-state index in [0.29, 0.717) is 0 Å². The Morgan fingerprint density at radius 1 is 1.33 bits per heavy atom. The number of hydrogen-bond donors (Lipinski definition) is 1. The van der Waals surface area contributed by atoms with Gasteiger partial charge in [0.1, 0.15) is 5.75 Å². The summed E-state index contributed by atoms with van der Waals surface area (Å²) in [6.45, 7) is 5.31. The molecule has 2 heteroatoms. The third kappa shape index (κ3) is 2.54. The first-order chi connectivity index (χ1) is 8.67. The summed E-state index contributed by atoms with van der Waals surface area (Å²) >= 11 is 0. The normalized spacial score (nSPS) is 22.7. The quantitative estimate of drug-likeness (QED) is 0.887. The van der Waals surface area contributed by atoms with Gasteiger partial charge in [0.05, 0.1) is 7.11 Å². The van der Waals surface area contributed by atoms with Crippen LogP contribution in [0.25, 0.3) is 0 Å². The molecule has 2 rings (SSSR count). The molecule has 0 saturated heterocycles. The molecule has 1 aromatic carbocycles. The molecule has 0 spiro atoms. The van der Waals surface area contributed by atoms with Crippen molar-refractivity contribution in [2.45, 2.75) is 39.5 Å². The second-order valence-corrected chi connectivity index (χ2v) is 5.63. The lowest BCUT2D eigenvalue weighted by atomic mass is 9.74. The predicted molar refractivity (Wildman–Crippen MR) is 76.1 cm³/mol. The van der Waals surface area contributed by atoms with Crippen LogP contribution in [-0.4, -0.2) is 13.7 Å². The largest absolute Gasteiger partial charge is 0.496 e. The molecule has 0 heterocycles. The average molecular weight is 247 g/mol. The number of fused-ring (bicyclic) bond motifs is 1. The summed E-state index contributed by atoms with van der Waals surface area (Å²) in [4.78, 5) is 0. The summed E-state index contributed by atoms with van der Waals surface area (Å²) in [6, 6.07) is 4.47. The molecular formula is C16H25NO. The monoisotopic (exact) mass is 247 g/mol. The van der Waals surface area contributed by atoms with Gasteiger partial charge in [-0.05, 0) is 67.7 Å². The van der Waals surface area contributed by atoms with Gasteiger partial charge in [-0.25, -0.2) is 0 Å². The molecule has 100 valence electrons. The van der Waals surface area contributed by atoms with Crippen molar-refractivity contribution in [3.63, 3.8) is 0 Å². The molecule has 1 aliphatic carbocycles. The summed E-state index contributed by atoms with van der Waals surface area (Å²) in [7, 11) is 1.79. The summed E-state index contributed by atoms with van der Waals surface area (Å²) in [5.41, 5.74) is 9.82. The molecule has 18 heavy (non-hydrogen) atoms. The number of ether oxygens (including phenoxy) is 1. The smallest absolute Gasteiger partial charge is 0.125 e. The number of aryl methyl sites for hydroxylation is 1. The van der Waals surface area contributed by atoms with Crippen LogP contribution in [0.2, 0.25) is 0 Å². The van der Waals surface area contributed by atoms with Gasteiger partial charge in [0.25, 0.3) is 0 Å². The van der Waals surface area contributed by atoms with Crippen molar-refractivity contribution in [2.24, 2.45) is 17.6 Å². The maximum Gasteiger partial charge on any atom is 0.125 e. The van der Waals surface area contributed by atoms with Crippen LogP contribution < -0.4 is 10.5 Å². The lowest BCUT2D eigenvalue weighted by Crippen LogP contribution is -2.24. The highest BCUT2D eigenvalue weighted by Crippen LogP contribution is 2.38. The summed E-state index contributed by atoms with van der Waals surface area (Å²) in [6.07, 6.45) is 4.72. The summed E-state index contributed by atoms with van der Waals surface area (Å²) < 4.78 is 5.61. The molecule has 1 aliphatic rings. The van der Waals surface area contributed by atoms with E-state index in [9.17, 15) is 0 Å². The van der Waals surface area contributed by atoms with E-state index in [1.54, 1.807) is 7.11 Å². The summed E-state index contributed by atoms with van der Waals surface area (Å²) in [5, 5.41) is 0. The van der Waals surface area contributed by atoms with E-state index in [1.165, 1.54) is 29.5 Å². The Balaban J connectivity index is 2.26. The Morgan fingerprint density at radius 2 is 2.11 bits per heavy atom. The first-order valence-corrected chi connectivity index (χ1v) is 7.02. The number of benzene rings is 1. The van der Waals surface area contributed by atoms with Gasteiger partial charge >= 0.3 is 0 Å². The molecule has 1 aromatic rings. The predicted octanol–water partition coefficient (Wildman–Crippen LogP) is 3.09. The minimum Gasteiger partial charge on any atom is -0.496 e. The minimum atomic E-state index is 0.761. The van der Waals surface area contributed by atoms with Crippen LogP contribution in [0, 0.1) is 18.8 Å². The number of hydrogen-bond acceptors (Lipinski definition) is 2. The van der Waals surface area contributed by atoms with Crippen LogP contribution in [0.4, 0.5) is 0 Å². The van der Waals surface area contributed by atoms with Gasteiger partial charge in [-0.1, -0.05) is 19.1 Å². The third-order valence-corrected chi connectivity index (χ3v) is 4.35. The Labute approximate surface area is 111 Å². The molecule has 2 nitrogen and oxygen atoms in total. The van der Waals surface area contributed by atoms with Crippen LogP contribution in [0.3, 0.4) is 0 Å². The van der Waals surface area contributed by atoms with Crippen molar-refractivity contribution >= 4 is 0 Å². The molecule has 2 unspecified atom stereocenters. The van der Waals surface area contributed by atoms with Crippen molar-refractivity contribution in [2.75, 3.05) is 13.7 Å². The van der Waals surface area contributed by atoms with E-state index < -0.39 is 0 Å². The molecule has 0 aromatic heterocycles. The van der Waals surface area contributed by atoms with Gasteiger partial charge in [-0.2, -0.15) is 0 Å². The van der Waals surface area contributed by atoms with Crippen LogP contribution in [0.1, 0.15) is 36.5 Å². The fourth-order valence-corrected chi connectivity index (χ4v) is 3.23. The van der Waals surface area contributed by atoms with Gasteiger partial charge < -0.3 is 10.5 Å². The molecule has 0 saturated carbocycles. The van der Waals surface area contributed by atoms with E-state index in [4.69, 9.17) is 10.5 Å². The molecular weight excluding hydrogens is 222 g/mol. The van der Waals surface area contributed by atoms with Gasteiger partial charge in [0, 0.05) is 0 Å². The van der Waals surface area contributed by atoms with Crippen molar-refractivity contribution in [3.05, 3.63) is 28.8 Å². The van der Waals surface area contributed by atoms with Gasteiger partial charge in [0.15, 0.2) is 0 Å². The van der Waals surface area contributed by atoms with E-state index in [0.717, 1.165) is 37.0 Å². The highest BCUT2D eigenvalue weighted by atomic mass is 16.5. The second-order valence-electron chi connectivity index (χ2n) is 5.63. The van der Waals surface area contributed by atoms with Crippen LogP contribution in [0.5, 0.6) is 5.75 Å². The van der Waals surface area contributed by atoms with Gasteiger partial charge in [-0.15, -0.1) is 0 Å². The zero-order valence-corrected chi connectivity index (χ0v) is 11.8. The van der Waals surface area contributed by atoms with E-state index in [2.05, 4.69) is 26.0 Å². The Bertz CT molecular complexity index is 414. The third-order valence-electron chi connectivity index (χ3n) is 4.35. The first kappa shape index (κ1) is 13.4. The molecule has 2 atom stereocenters. The zero-order valence-electron chi connectivity index (χ0n) is 11.8. The Hall–Kier alpha value is -1.02. The fourth-order valence-electron chi connectivity index (χ4n) is 3.23. The van der Waals surface area contributed by atoms with Crippen molar-refractivity contribution in [1.29, 1.82) is 0 Å². The van der Waals surface area contributed by atoms with Crippen molar-refractivity contribution < 1.29 is 4.74 Å². The van der Waals surface area contributed by atoms with E-state index in [-0.39, 0.29) is 0 Å². The molecule has 0 amide bonds. The Morgan fingerprint density at radius 3 is 2.78 bits per heavy atom. The van der Waals surface area contributed by atoms with Crippen LogP contribution in [-0.2, 0) is 12.8 Å². The van der Waals surface area contributed by atoms with Gasteiger partial charge in [0.2, 0.25) is 0 Å². The van der Waals surface area contributed by atoms with E-state index >= 15 is 0 Å². The lowest BCUT2D eigenvalue weighted by molar-refractivity contribution is 0.299. The Kier molecular flexibility index (Phi) is 4.28. The number of rotatable bonds is 4. The van der Waals surface area contributed by atoms with Crippen LogP contribution in [0.15, 0.2) is 12.1 Å². The SMILES string of the molecule is COc1c(C)ccc2c1CC(CCCN)C(C)C2. The highest BCUT2D eigenvalue weighted by Gasteiger charge is 2.27. The fraction of sp³-hybridized carbons (Fsp3) is 0.625. The van der Waals surface area contributed by atoms with Crippen molar-refractivity contribution in [3.8, 4) is 5.75 Å². The summed E-state index contributed by atoms with van der Waals surface area (Å²) in [5.74, 6) is 2.63. The molecule has 0 fully saturated rings. The minimum absolute atomic E-state index is 0.761. The van der Waals surface area contributed by atoms with Crippen molar-refractivity contribution in [1.82, 2.24) is 0 Å². The van der Waals surface area contributed by atoms with E-state index in [1.807, 2.05) is 0 Å². The molecule has 2 N–H and O–H groups in total. The maximum absolute atomic E-state index is 5.64. The molecule has 0 radical (unpaired) electrons. The molecule has 0 aliphatic heterocycles. The standard InChI is InChI=1S/C16H25NO/c1-11-6-7-14-9-12(2)13(5-4-8-17)10-15(14)16(11)18-3/h6-7,12-13H,4-5,8-10,17H2,1-3H3. The number of methoxy groups -OCH3 is 1. The zero-order chi connectivity index (χ0) is 13.1. The highest BCUT2D eigenvalue weighted by molar-refractivity contribution is 5.47. The van der Waals surface area contributed by atoms with Gasteiger partial charge in [-0.3, -0.25) is 0 Å². The number of nitrogens with two attached hydrogens (primary N) is 1. The second kappa shape index (κ2) is 5.75. The molecule has 0 bridgehead atoms. The van der Waals surface area contributed by atoms with Crippen LogP contribution >= 0.6 is 0 Å².